The third-order valence-corrected chi connectivity index (χ3v) is 6.71. The average molecular weight is 416 g/mol. The summed E-state index contributed by atoms with van der Waals surface area (Å²) in [6, 6.07) is 19.7. The Labute approximate surface area is 176 Å². The maximum absolute atomic E-state index is 13.5. The van der Waals surface area contributed by atoms with Crippen LogP contribution in [0.5, 0.6) is 0 Å². The van der Waals surface area contributed by atoms with Crippen molar-refractivity contribution >= 4 is 54.1 Å². The van der Waals surface area contributed by atoms with E-state index in [0.29, 0.717) is 10.9 Å². The molecule has 0 atom stereocenters. The van der Waals surface area contributed by atoms with Crippen molar-refractivity contribution in [3.63, 3.8) is 0 Å². The van der Waals surface area contributed by atoms with E-state index in [9.17, 15) is 13.2 Å². The quantitative estimate of drug-likeness (QED) is 0.228. The van der Waals surface area contributed by atoms with Gasteiger partial charge in [-0.05, 0) is 40.6 Å². The first-order valence-corrected chi connectivity index (χ1v) is 10.2. The number of halogens is 3. The van der Waals surface area contributed by atoms with Gasteiger partial charge in [-0.3, -0.25) is 0 Å². The van der Waals surface area contributed by atoms with Gasteiger partial charge < -0.3 is 9.13 Å². The first-order valence-electron chi connectivity index (χ1n) is 10.2. The summed E-state index contributed by atoms with van der Waals surface area (Å²) in [6.07, 6.45) is -4.38. The summed E-state index contributed by atoms with van der Waals surface area (Å²) in [7, 11) is 3.57. The van der Waals surface area contributed by atoms with Crippen molar-refractivity contribution in [1.29, 1.82) is 0 Å². The molecule has 0 aliphatic rings. The molecule has 6 aromatic rings. The van der Waals surface area contributed by atoms with E-state index in [1.54, 1.807) is 6.07 Å². The number of hydrogen-bond donors (Lipinski definition) is 0. The van der Waals surface area contributed by atoms with Crippen LogP contribution in [0.4, 0.5) is 13.2 Å². The minimum Gasteiger partial charge on any atom is -0.347 e. The Morgan fingerprint density at radius 2 is 1.00 bits per heavy atom. The number of rotatable bonds is 0. The van der Waals surface area contributed by atoms with Crippen molar-refractivity contribution in [2.75, 3.05) is 0 Å². The molecule has 0 aliphatic carbocycles. The molecule has 2 aromatic heterocycles. The maximum Gasteiger partial charge on any atom is 0.431 e. The fourth-order valence-electron chi connectivity index (χ4n) is 5.16. The van der Waals surface area contributed by atoms with Gasteiger partial charge in [0.1, 0.15) is 5.69 Å². The SMILES string of the molecule is Cc1cc2ccc3c4ccc5c(ccc6cc(C(F)(F)F)n(C)c65)c4ccc3c2n1C. The molecule has 2 nitrogen and oxygen atoms in total. The molecule has 0 saturated carbocycles. The number of fused-ring (bicyclic) bond motifs is 9. The number of nitrogens with zero attached hydrogens (tertiary/aromatic N) is 2. The summed E-state index contributed by atoms with van der Waals surface area (Å²) in [6.45, 7) is 2.10. The van der Waals surface area contributed by atoms with Gasteiger partial charge in [0.15, 0.2) is 0 Å². The zero-order valence-corrected chi connectivity index (χ0v) is 17.3. The highest BCUT2D eigenvalue weighted by molar-refractivity contribution is 6.24. The van der Waals surface area contributed by atoms with Gasteiger partial charge in [0.25, 0.3) is 0 Å². The van der Waals surface area contributed by atoms with Crippen LogP contribution in [0, 0.1) is 6.92 Å². The molecule has 0 N–H and O–H groups in total. The van der Waals surface area contributed by atoms with E-state index in [2.05, 4.69) is 48.9 Å². The minimum absolute atomic E-state index is 0.600. The zero-order valence-electron chi connectivity index (χ0n) is 17.3. The van der Waals surface area contributed by atoms with Crippen LogP contribution in [-0.4, -0.2) is 9.13 Å². The lowest BCUT2D eigenvalue weighted by atomic mass is 9.95. The van der Waals surface area contributed by atoms with E-state index in [-0.39, 0.29) is 0 Å². The predicted molar refractivity (Wildman–Crippen MR) is 122 cm³/mol. The van der Waals surface area contributed by atoms with Gasteiger partial charge in [0, 0.05) is 41.3 Å². The molecule has 31 heavy (non-hydrogen) atoms. The fraction of sp³-hybridized carbons (Fsp3) is 0.154. The van der Waals surface area contributed by atoms with Gasteiger partial charge in [-0.25, -0.2) is 0 Å². The molecule has 4 aromatic carbocycles. The molecule has 0 saturated heterocycles. The van der Waals surface area contributed by atoms with Crippen LogP contribution in [0.1, 0.15) is 11.4 Å². The normalized spacial score (nSPS) is 12.8. The van der Waals surface area contributed by atoms with Crippen molar-refractivity contribution in [3.05, 3.63) is 72.1 Å². The highest BCUT2D eigenvalue weighted by atomic mass is 19.4. The van der Waals surface area contributed by atoms with Crippen LogP contribution in [0.3, 0.4) is 0 Å². The molecule has 6 rings (SSSR count). The number of hydrogen-bond acceptors (Lipinski definition) is 0. The number of aromatic nitrogens is 2. The molecule has 0 fully saturated rings. The van der Waals surface area contributed by atoms with Gasteiger partial charge in [0.05, 0.1) is 11.0 Å². The molecule has 154 valence electrons. The van der Waals surface area contributed by atoms with E-state index in [1.165, 1.54) is 39.7 Å². The highest BCUT2D eigenvalue weighted by Gasteiger charge is 2.34. The second kappa shape index (κ2) is 5.82. The van der Waals surface area contributed by atoms with Gasteiger partial charge >= 0.3 is 6.18 Å². The van der Waals surface area contributed by atoms with Gasteiger partial charge in [0.2, 0.25) is 0 Å². The van der Waals surface area contributed by atoms with Crippen molar-refractivity contribution in [2.24, 2.45) is 14.1 Å². The lowest BCUT2D eigenvalue weighted by molar-refractivity contribution is -0.142. The maximum atomic E-state index is 13.5. The summed E-state index contributed by atoms with van der Waals surface area (Å²) in [5.74, 6) is 0. The van der Waals surface area contributed by atoms with Crippen molar-refractivity contribution < 1.29 is 13.2 Å². The Morgan fingerprint density at radius 3 is 1.55 bits per heavy atom. The third-order valence-electron chi connectivity index (χ3n) is 6.71. The summed E-state index contributed by atoms with van der Waals surface area (Å²) >= 11 is 0. The molecule has 0 unspecified atom stereocenters. The van der Waals surface area contributed by atoms with Crippen LogP contribution in [-0.2, 0) is 20.3 Å². The Bertz CT molecular complexity index is 1700. The van der Waals surface area contributed by atoms with E-state index in [1.807, 2.05) is 18.2 Å². The van der Waals surface area contributed by atoms with Crippen molar-refractivity contribution in [1.82, 2.24) is 9.13 Å². The Kier molecular flexibility index (Phi) is 3.43. The average Bonchev–Trinajstić information content (AvgIpc) is 3.23. The second-order valence-corrected chi connectivity index (χ2v) is 8.35. The smallest absolute Gasteiger partial charge is 0.347 e. The van der Waals surface area contributed by atoms with Crippen LogP contribution >= 0.6 is 0 Å². The van der Waals surface area contributed by atoms with Gasteiger partial charge in [-0.2, -0.15) is 13.2 Å². The van der Waals surface area contributed by atoms with Crippen molar-refractivity contribution in [3.8, 4) is 0 Å². The lowest BCUT2D eigenvalue weighted by Gasteiger charge is -2.12. The topological polar surface area (TPSA) is 9.86 Å². The summed E-state index contributed by atoms with van der Waals surface area (Å²) < 4.78 is 43.8. The minimum atomic E-state index is -4.38. The first-order chi connectivity index (χ1) is 14.8. The van der Waals surface area contributed by atoms with E-state index >= 15 is 0 Å². The molecule has 0 bridgehead atoms. The van der Waals surface area contributed by atoms with Crippen molar-refractivity contribution in [2.45, 2.75) is 13.1 Å². The largest absolute Gasteiger partial charge is 0.431 e. The van der Waals surface area contributed by atoms with Crippen LogP contribution in [0.15, 0.2) is 60.7 Å². The molecule has 0 amide bonds. The summed E-state index contributed by atoms with van der Waals surface area (Å²) in [5.41, 5.74) is 2.38. The van der Waals surface area contributed by atoms with Crippen LogP contribution < -0.4 is 0 Å². The molecular formula is C26H19F3N2. The molecule has 0 aliphatic heterocycles. The monoisotopic (exact) mass is 416 g/mol. The van der Waals surface area contributed by atoms with Crippen LogP contribution in [0.25, 0.3) is 54.1 Å². The van der Waals surface area contributed by atoms with E-state index in [4.69, 9.17) is 0 Å². The van der Waals surface area contributed by atoms with Gasteiger partial charge in [-0.15, -0.1) is 0 Å². The number of benzene rings is 4. The predicted octanol–water partition coefficient (Wildman–Crippen LogP) is 7.46. The molecule has 0 spiro atoms. The van der Waals surface area contributed by atoms with Crippen LogP contribution in [0.2, 0.25) is 0 Å². The fourth-order valence-corrected chi connectivity index (χ4v) is 5.16. The Morgan fingerprint density at radius 1 is 0.581 bits per heavy atom. The number of aryl methyl sites for hydroxylation is 3. The Balaban J connectivity index is 1.75. The van der Waals surface area contributed by atoms with E-state index in [0.717, 1.165) is 26.9 Å². The first kappa shape index (κ1) is 18.3. The number of alkyl halides is 3. The second-order valence-electron chi connectivity index (χ2n) is 8.35. The summed E-state index contributed by atoms with van der Waals surface area (Å²) in [5, 5.41) is 8.09. The standard InChI is InChI=1S/C26H19F3N2/c1-14-12-15-4-6-19-17-9-11-22-20(18(17)8-10-21(19)24(15)30(14)2)7-5-16-13-23(26(27,28)29)31(3)25(16)22/h4-13H,1-3H3. The molecule has 2 heterocycles. The zero-order chi connectivity index (χ0) is 21.7. The third kappa shape index (κ3) is 2.34. The Hall–Kier alpha value is -3.47. The molecule has 0 radical (unpaired) electrons. The highest BCUT2D eigenvalue weighted by Crippen LogP contribution is 2.40. The van der Waals surface area contributed by atoms with Gasteiger partial charge in [-0.1, -0.05) is 48.5 Å². The molecule has 5 heteroatoms. The van der Waals surface area contributed by atoms with E-state index < -0.39 is 11.9 Å². The molecular weight excluding hydrogens is 397 g/mol. The summed E-state index contributed by atoms with van der Waals surface area (Å²) in [4.78, 5) is 0. The lowest BCUT2D eigenvalue weighted by Crippen LogP contribution is -2.10.